The summed E-state index contributed by atoms with van der Waals surface area (Å²) in [7, 11) is 1.96. The van der Waals surface area contributed by atoms with Crippen molar-refractivity contribution in [3.63, 3.8) is 0 Å². The van der Waals surface area contributed by atoms with Crippen molar-refractivity contribution in [3.8, 4) is 0 Å². The van der Waals surface area contributed by atoms with Gasteiger partial charge in [-0.3, -0.25) is 14.4 Å². The third-order valence-electron chi connectivity index (χ3n) is 8.82. The molecule has 2 saturated heterocycles. The smallest absolute Gasteiger partial charge is 0.256 e. The number of para-hydroxylation sites is 1. The van der Waals surface area contributed by atoms with Gasteiger partial charge in [0.1, 0.15) is 0 Å². The summed E-state index contributed by atoms with van der Waals surface area (Å²) >= 11 is 0. The zero-order chi connectivity index (χ0) is 30.6. The highest BCUT2D eigenvalue weighted by atomic mass is 16.2. The molecule has 0 atom stereocenters. The Morgan fingerprint density at radius 2 is 1.61 bits per heavy atom. The Morgan fingerprint density at radius 1 is 0.841 bits per heavy atom. The van der Waals surface area contributed by atoms with Gasteiger partial charge < -0.3 is 29.9 Å². The summed E-state index contributed by atoms with van der Waals surface area (Å²) in [5.41, 5.74) is 6.07. The summed E-state index contributed by atoms with van der Waals surface area (Å²) in [4.78, 5) is 45.3. The van der Waals surface area contributed by atoms with Gasteiger partial charge >= 0.3 is 0 Å². The van der Waals surface area contributed by atoms with E-state index >= 15 is 0 Å². The van der Waals surface area contributed by atoms with E-state index in [1.807, 2.05) is 59.1 Å². The van der Waals surface area contributed by atoms with Crippen LogP contribution in [0.1, 0.15) is 45.5 Å². The van der Waals surface area contributed by atoms with Crippen molar-refractivity contribution in [2.45, 2.75) is 26.2 Å². The van der Waals surface area contributed by atoms with Crippen LogP contribution in [0.25, 0.3) is 10.9 Å². The van der Waals surface area contributed by atoms with Crippen LogP contribution in [-0.2, 0) is 11.8 Å². The van der Waals surface area contributed by atoms with E-state index in [0.717, 1.165) is 55.7 Å². The van der Waals surface area contributed by atoms with Crippen molar-refractivity contribution < 1.29 is 14.4 Å². The standard InChI is InChI=1S/C35H40N6O3/c1-25-8-3-4-10-30(25)39-20-22-40(23-21-39)32-14-13-26(34(43)36-16-7-18-41-17-6-12-33(41)42)24-29(32)37-35(44)28-9-5-11-31-27(28)15-19-38(31)2/h3-5,8-11,13-15,19,24H,6-7,12,16-18,20-23H2,1-2H3,(H,36,43)(H,37,44). The second-order valence-electron chi connectivity index (χ2n) is 11.7. The predicted molar refractivity (Wildman–Crippen MR) is 176 cm³/mol. The minimum Gasteiger partial charge on any atom is -0.368 e. The maximum absolute atomic E-state index is 13.7. The van der Waals surface area contributed by atoms with Gasteiger partial charge in [0.25, 0.3) is 11.8 Å². The van der Waals surface area contributed by atoms with Crippen molar-refractivity contribution >= 4 is 45.7 Å². The molecule has 3 aromatic carbocycles. The fourth-order valence-electron chi connectivity index (χ4n) is 6.36. The zero-order valence-corrected chi connectivity index (χ0v) is 25.5. The molecular weight excluding hydrogens is 552 g/mol. The van der Waals surface area contributed by atoms with Gasteiger partial charge in [0, 0.05) is 93.2 Å². The molecule has 6 rings (SSSR count). The Labute approximate surface area is 258 Å². The van der Waals surface area contributed by atoms with Crippen LogP contribution in [0.15, 0.2) is 72.9 Å². The lowest BCUT2D eigenvalue weighted by atomic mass is 10.1. The van der Waals surface area contributed by atoms with Gasteiger partial charge in [0.05, 0.1) is 11.4 Å². The summed E-state index contributed by atoms with van der Waals surface area (Å²) in [6.07, 6.45) is 4.18. The molecule has 44 heavy (non-hydrogen) atoms. The molecule has 3 heterocycles. The lowest BCUT2D eigenvalue weighted by Gasteiger charge is -2.38. The molecule has 0 unspecified atom stereocenters. The molecule has 9 heteroatoms. The van der Waals surface area contributed by atoms with Crippen LogP contribution < -0.4 is 20.4 Å². The number of carbonyl (C=O) groups excluding carboxylic acids is 3. The fraction of sp³-hybridized carbons (Fsp3) is 0.343. The third kappa shape index (κ3) is 6.13. The number of nitrogens with zero attached hydrogens (tertiary/aromatic N) is 4. The van der Waals surface area contributed by atoms with Crippen molar-refractivity contribution in [3.05, 3.63) is 89.6 Å². The Bertz CT molecular complexity index is 1690. The van der Waals surface area contributed by atoms with Crippen LogP contribution in [0.3, 0.4) is 0 Å². The summed E-state index contributed by atoms with van der Waals surface area (Å²) in [6, 6.07) is 21.7. The van der Waals surface area contributed by atoms with Crippen molar-refractivity contribution in [2.24, 2.45) is 7.05 Å². The number of piperazine rings is 1. The summed E-state index contributed by atoms with van der Waals surface area (Å²) in [5, 5.41) is 7.03. The predicted octanol–water partition coefficient (Wildman–Crippen LogP) is 4.81. The summed E-state index contributed by atoms with van der Waals surface area (Å²) in [5.74, 6) is -0.220. The van der Waals surface area contributed by atoms with Gasteiger partial charge in [-0.2, -0.15) is 0 Å². The Kier molecular flexibility index (Phi) is 8.54. The van der Waals surface area contributed by atoms with E-state index in [1.165, 1.54) is 11.3 Å². The molecule has 2 N–H and O–H groups in total. The van der Waals surface area contributed by atoms with Crippen molar-refractivity contribution in [2.75, 3.05) is 60.9 Å². The van der Waals surface area contributed by atoms with E-state index in [4.69, 9.17) is 0 Å². The number of nitrogens with one attached hydrogen (secondary N) is 2. The SMILES string of the molecule is Cc1ccccc1N1CCN(c2ccc(C(=O)NCCCN3CCCC3=O)cc2NC(=O)c2cccc3c2ccn3C)CC1. The largest absolute Gasteiger partial charge is 0.368 e. The number of aryl methyl sites for hydroxylation is 2. The van der Waals surface area contributed by atoms with Crippen LogP contribution in [0, 0.1) is 6.92 Å². The van der Waals surface area contributed by atoms with Gasteiger partial charge in [-0.15, -0.1) is 0 Å². The molecule has 0 spiro atoms. The van der Waals surface area contributed by atoms with Crippen LogP contribution in [-0.4, -0.2) is 73.0 Å². The second kappa shape index (κ2) is 12.8. The van der Waals surface area contributed by atoms with Crippen LogP contribution in [0.4, 0.5) is 17.1 Å². The van der Waals surface area contributed by atoms with E-state index in [2.05, 4.69) is 51.6 Å². The van der Waals surface area contributed by atoms with Gasteiger partial charge in [0.2, 0.25) is 5.91 Å². The number of hydrogen-bond acceptors (Lipinski definition) is 5. The molecule has 2 fully saturated rings. The minimum absolute atomic E-state index is 0.193. The molecule has 2 aliphatic rings. The molecule has 4 aromatic rings. The summed E-state index contributed by atoms with van der Waals surface area (Å²) in [6.45, 7) is 7.33. The number of amides is 3. The first-order valence-electron chi connectivity index (χ1n) is 15.5. The third-order valence-corrected chi connectivity index (χ3v) is 8.82. The Morgan fingerprint density at radius 3 is 2.36 bits per heavy atom. The molecule has 1 aromatic heterocycles. The van der Waals surface area contributed by atoms with Gasteiger partial charge in [-0.1, -0.05) is 24.3 Å². The number of rotatable bonds is 9. The Hall–Kier alpha value is -4.79. The van der Waals surface area contributed by atoms with Gasteiger partial charge in [-0.05, 0) is 67.8 Å². The lowest BCUT2D eigenvalue weighted by molar-refractivity contribution is -0.127. The lowest BCUT2D eigenvalue weighted by Crippen LogP contribution is -2.47. The minimum atomic E-state index is -0.213. The maximum atomic E-state index is 13.7. The number of carbonyl (C=O) groups is 3. The molecule has 228 valence electrons. The first-order chi connectivity index (χ1) is 21.4. The van der Waals surface area contributed by atoms with Crippen LogP contribution in [0.2, 0.25) is 0 Å². The highest BCUT2D eigenvalue weighted by Crippen LogP contribution is 2.31. The van der Waals surface area contributed by atoms with E-state index in [0.29, 0.717) is 42.7 Å². The van der Waals surface area contributed by atoms with Crippen LogP contribution in [0.5, 0.6) is 0 Å². The topological polar surface area (TPSA) is 89.9 Å². The zero-order valence-electron chi connectivity index (χ0n) is 25.5. The molecule has 3 amide bonds. The molecule has 0 aliphatic carbocycles. The second-order valence-corrected chi connectivity index (χ2v) is 11.7. The number of hydrogen-bond donors (Lipinski definition) is 2. The first-order valence-corrected chi connectivity index (χ1v) is 15.5. The Balaban J connectivity index is 1.20. The first kappa shape index (κ1) is 29.3. The van der Waals surface area contributed by atoms with Crippen molar-refractivity contribution in [1.29, 1.82) is 0 Å². The highest BCUT2D eigenvalue weighted by Gasteiger charge is 2.23. The maximum Gasteiger partial charge on any atom is 0.256 e. The fourth-order valence-corrected chi connectivity index (χ4v) is 6.36. The molecular formula is C35H40N6O3. The number of likely N-dealkylation sites (tertiary alicyclic amines) is 1. The van der Waals surface area contributed by atoms with Crippen molar-refractivity contribution in [1.82, 2.24) is 14.8 Å². The van der Waals surface area contributed by atoms with E-state index < -0.39 is 0 Å². The monoisotopic (exact) mass is 592 g/mol. The molecule has 0 saturated carbocycles. The average molecular weight is 593 g/mol. The number of benzene rings is 3. The van der Waals surface area contributed by atoms with E-state index in [1.54, 1.807) is 6.07 Å². The quantitative estimate of drug-likeness (QED) is 0.273. The number of fused-ring (bicyclic) bond motifs is 1. The molecule has 2 aliphatic heterocycles. The van der Waals surface area contributed by atoms with Crippen LogP contribution >= 0.6 is 0 Å². The van der Waals surface area contributed by atoms with E-state index in [9.17, 15) is 14.4 Å². The number of anilines is 3. The highest BCUT2D eigenvalue weighted by molar-refractivity contribution is 6.14. The van der Waals surface area contributed by atoms with Gasteiger partial charge in [-0.25, -0.2) is 0 Å². The molecule has 9 nitrogen and oxygen atoms in total. The average Bonchev–Trinajstić information content (AvgIpc) is 3.64. The number of aromatic nitrogens is 1. The summed E-state index contributed by atoms with van der Waals surface area (Å²) < 4.78 is 2.00. The molecule has 0 bridgehead atoms. The normalized spacial score (nSPS) is 15.2. The molecule has 0 radical (unpaired) electrons. The van der Waals surface area contributed by atoms with E-state index in [-0.39, 0.29) is 17.7 Å². The van der Waals surface area contributed by atoms with Gasteiger partial charge in [0.15, 0.2) is 0 Å².